The van der Waals surface area contributed by atoms with Crippen LogP contribution in [0.1, 0.15) is 181 Å². The Balaban J connectivity index is 0.774. The minimum Gasteiger partial charge on any atom is -0.465 e. The van der Waals surface area contributed by atoms with Gasteiger partial charge in [0.25, 0.3) is 0 Å². The number of hydrogen-bond donors (Lipinski definition) is 0. The lowest BCUT2D eigenvalue weighted by molar-refractivity contribution is -0.191. The van der Waals surface area contributed by atoms with Crippen LogP contribution in [0.4, 0.5) is 17.6 Å². The smallest absolute Gasteiger partial charge is 0.363 e. The fraction of sp³-hybridized carbons (Fsp3) is 0.889. The van der Waals surface area contributed by atoms with Gasteiger partial charge in [-0.05, 0) is 262 Å². The molecule has 0 saturated heterocycles. The van der Waals surface area contributed by atoms with Crippen molar-refractivity contribution in [3.63, 3.8) is 0 Å². The fourth-order valence-corrected chi connectivity index (χ4v) is 21.0. The van der Waals surface area contributed by atoms with E-state index in [0.29, 0.717) is 148 Å². The topological polar surface area (TPSA) is 184 Å². The summed E-state index contributed by atoms with van der Waals surface area (Å²) in [5, 5.41) is 0. The molecule has 16 bridgehead atoms. The van der Waals surface area contributed by atoms with Gasteiger partial charge in [0.1, 0.15) is 55.9 Å². The lowest BCUT2D eigenvalue weighted by atomic mass is 9.49. The third kappa shape index (κ3) is 11.1. The van der Waals surface area contributed by atoms with Gasteiger partial charge in [-0.15, -0.1) is 0 Å². The van der Waals surface area contributed by atoms with E-state index in [0.717, 1.165) is 77.0 Å². The highest BCUT2D eigenvalue weighted by Crippen LogP contribution is 2.64. The zero-order chi connectivity index (χ0) is 58.0. The third-order valence-corrected chi connectivity index (χ3v) is 24.1. The molecule has 14 nitrogen and oxygen atoms in total. The zero-order valence-electron chi connectivity index (χ0n) is 48.2. The Morgan fingerprint density at radius 3 is 0.720 bits per heavy atom. The summed E-state index contributed by atoms with van der Waals surface area (Å²) >= 11 is 1.71. The maximum absolute atomic E-state index is 14.8. The molecule has 0 radical (unpaired) electrons. The Kier molecular flexibility index (Phi) is 15.2. The molecule has 0 aliphatic heterocycles. The van der Waals surface area contributed by atoms with E-state index in [1.807, 2.05) is 0 Å². The number of halogens is 5. The molecule has 16 rings (SSSR count). The van der Waals surface area contributed by atoms with Crippen molar-refractivity contribution in [3.8, 4) is 0 Å². The van der Waals surface area contributed by atoms with E-state index in [2.05, 4.69) is 0 Å². The molecule has 0 amide bonds. The first kappa shape index (κ1) is 58.9. The summed E-state index contributed by atoms with van der Waals surface area (Å²) in [4.78, 5) is 96.5. The van der Waals surface area contributed by atoms with Gasteiger partial charge in [0.05, 0.1) is 34.7 Å². The molecule has 0 aromatic heterocycles. The molecular formula is C63H85BrF4O14. The number of hydrogen-bond acceptors (Lipinski definition) is 14. The number of ether oxygens (including phenoxy) is 7. The summed E-state index contributed by atoms with van der Waals surface area (Å²) in [6.07, 6.45) is 19.5. The van der Waals surface area contributed by atoms with Crippen molar-refractivity contribution in [3.05, 3.63) is 0 Å². The van der Waals surface area contributed by atoms with Crippen LogP contribution in [0, 0.1) is 109 Å². The zero-order valence-corrected chi connectivity index (χ0v) is 49.7. The summed E-state index contributed by atoms with van der Waals surface area (Å²) in [5.74, 6) is -4.95. The lowest BCUT2D eigenvalue weighted by Crippen LogP contribution is -2.53. The van der Waals surface area contributed by atoms with E-state index in [4.69, 9.17) is 33.2 Å². The Labute approximate surface area is 487 Å². The molecular weight excluding hydrogens is 1140 g/mol. The van der Waals surface area contributed by atoms with Gasteiger partial charge in [0.15, 0.2) is 0 Å². The van der Waals surface area contributed by atoms with E-state index < -0.39 is 143 Å². The van der Waals surface area contributed by atoms with Crippen molar-refractivity contribution in [1.29, 1.82) is 0 Å². The van der Waals surface area contributed by atoms with Gasteiger partial charge in [-0.25, -0.2) is 0 Å². The normalized spacial score (nSPS) is 40.7. The monoisotopic (exact) mass is 1220 g/mol. The maximum Gasteiger partial charge on any atom is 0.363 e. The van der Waals surface area contributed by atoms with Crippen molar-refractivity contribution >= 4 is 57.7 Å². The van der Waals surface area contributed by atoms with Crippen molar-refractivity contribution in [2.45, 2.75) is 192 Å². The molecule has 19 heteroatoms. The van der Waals surface area contributed by atoms with E-state index in [1.54, 1.807) is 15.9 Å². The van der Waals surface area contributed by atoms with E-state index in [-0.39, 0.29) is 0 Å². The Morgan fingerprint density at radius 1 is 0.341 bits per heavy atom. The molecule has 0 unspecified atom stereocenters. The van der Waals surface area contributed by atoms with Crippen LogP contribution >= 0.6 is 15.9 Å². The number of carbonyl (C=O) groups excluding carboxylic acids is 7. The average Bonchev–Trinajstić information content (AvgIpc) is 3.31. The number of esters is 7. The molecule has 0 atom stereocenters. The number of rotatable bonds is 23. The van der Waals surface area contributed by atoms with Crippen molar-refractivity contribution in [2.75, 3.05) is 46.2 Å². The molecule has 16 aliphatic carbocycles. The van der Waals surface area contributed by atoms with Crippen LogP contribution in [0.5, 0.6) is 0 Å². The maximum atomic E-state index is 14.8. The van der Waals surface area contributed by atoms with Crippen molar-refractivity contribution in [1.82, 2.24) is 0 Å². The Bertz CT molecular complexity index is 2150. The van der Waals surface area contributed by atoms with Gasteiger partial charge >= 0.3 is 52.5 Å². The molecule has 16 fully saturated rings. The van der Waals surface area contributed by atoms with Gasteiger partial charge in [-0.2, -0.15) is 17.6 Å². The Morgan fingerprint density at radius 2 is 0.524 bits per heavy atom. The summed E-state index contributed by atoms with van der Waals surface area (Å²) in [7, 11) is 0. The highest BCUT2D eigenvalue weighted by molar-refractivity contribution is 9.10. The first-order valence-electron chi connectivity index (χ1n) is 31.2. The van der Waals surface area contributed by atoms with Crippen LogP contribution in [0.3, 0.4) is 0 Å². The Hall–Kier alpha value is -3.51. The fourth-order valence-electron chi connectivity index (χ4n) is 20.8. The molecule has 0 spiro atoms. The number of alkyl halides is 5. The highest BCUT2D eigenvalue weighted by atomic mass is 79.9. The predicted molar refractivity (Wildman–Crippen MR) is 287 cm³/mol. The third-order valence-electron chi connectivity index (χ3n) is 23.6. The van der Waals surface area contributed by atoms with Crippen LogP contribution < -0.4 is 0 Å². The summed E-state index contributed by atoms with van der Waals surface area (Å²) in [6.45, 7) is -1.23. The lowest BCUT2D eigenvalue weighted by Gasteiger charge is -2.55. The van der Waals surface area contributed by atoms with Crippen LogP contribution in [0.2, 0.25) is 0 Å². The quantitative estimate of drug-likeness (QED) is 0.0407. The van der Waals surface area contributed by atoms with Crippen LogP contribution in [-0.2, 0) is 66.7 Å². The second-order valence-electron chi connectivity index (χ2n) is 31.0. The molecule has 0 aromatic rings. The van der Waals surface area contributed by atoms with Gasteiger partial charge in [0, 0.05) is 0 Å². The first-order valence-corrected chi connectivity index (χ1v) is 32.0. The van der Waals surface area contributed by atoms with E-state index in [9.17, 15) is 51.1 Å². The van der Waals surface area contributed by atoms with Gasteiger partial charge in [-0.1, -0.05) is 0 Å². The van der Waals surface area contributed by atoms with Gasteiger partial charge in [0.2, 0.25) is 0 Å². The minimum atomic E-state index is -4.66. The second kappa shape index (κ2) is 21.1. The standard InChI is InChI=1S/C63H85BrF4O14/c1-55(48(69)76-5-4-62(65,66)63(64,67)68,30-77-49(70)56(2,32-79-51(72)58-18-36-6-37(19-58)8-38(7-36)20-58)33-80-52(73)59-21-39-9-40(22-59)11-41(10-39)23-59)31-78-50(71)57(3,34-81-53(74)60-24-42-12-43(25-60)14-44(13-42)26-60)35-82-54(75)61-27-45-15-46(28-61)17-47(16-45)29-61/h36-47H,4-35H2,1-3H3. The van der Waals surface area contributed by atoms with Crippen molar-refractivity contribution < 1.29 is 84.3 Å². The molecule has 0 N–H and O–H groups in total. The first-order chi connectivity index (χ1) is 38.6. The molecule has 82 heavy (non-hydrogen) atoms. The second-order valence-corrected chi connectivity index (χ2v) is 32.0. The minimum absolute atomic E-state index is 0.408. The summed E-state index contributed by atoms with van der Waals surface area (Å²) < 4.78 is 98.4. The van der Waals surface area contributed by atoms with Crippen LogP contribution in [0.25, 0.3) is 0 Å². The van der Waals surface area contributed by atoms with Gasteiger partial charge in [-0.3, -0.25) is 33.6 Å². The van der Waals surface area contributed by atoms with E-state index in [1.165, 1.54) is 20.8 Å². The highest BCUT2D eigenvalue weighted by Gasteiger charge is 2.61. The molecule has 0 heterocycles. The summed E-state index contributed by atoms with van der Waals surface area (Å²) in [6, 6.07) is 0. The average molecular weight is 1220 g/mol. The molecule has 456 valence electrons. The molecule has 16 aliphatic rings. The van der Waals surface area contributed by atoms with E-state index >= 15 is 0 Å². The predicted octanol–water partition coefficient (Wildman–Crippen LogP) is 11.7. The SMILES string of the molecule is CC(COC(=O)C(C)(COC(=O)C12CC3CC(CC(C3)C1)C2)COC(=O)C12CC3CC(CC(C3)C1)C2)(COC(=O)C(C)(COC(=O)C12CC3CC(CC(C3)C1)C2)COC(=O)C12CC3CC(CC(C3)C1)C2)C(=O)OCCC(F)(F)C(F)(F)Br. The van der Waals surface area contributed by atoms with Gasteiger partial charge < -0.3 is 33.2 Å². The molecule has 16 saturated carbocycles. The van der Waals surface area contributed by atoms with Crippen LogP contribution in [-0.4, -0.2) is 98.8 Å². The largest absolute Gasteiger partial charge is 0.465 e. The number of carbonyl (C=O) groups is 7. The van der Waals surface area contributed by atoms with Crippen LogP contribution in [0.15, 0.2) is 0 Å². The molecule has 0 aromatic carbocycles. The van der Waals surface area contributed by atoms with Crippen molar-refractivity contribution in [2.24, 2.45) is 109 Å². The summed E-state index contributed by atoms with van der Waals surface area (Å²) in [5.41, 5.74) is -8.73.